The molecule has 0 spiro atoms. The minimum atomic E-state index is -0.887. The molecular weight excluding hydrogens is 406 g/mol. The van der Waals surface area contributed by atoms with Crippen molar-refractivity contribution in [2.24, 2.45) is 0 Å². The molecule has 1 aromatic carbocycles. The molecule has 0 aliphatic heterocycles. The molecule has 0 heterocycles. The van der Waals surface area contributed by atoms with Gasteiger partial charge in [0.15, 0.2) is 0 Å². The standard InChI is InChI=1S/C21H31N3O7/c1-13(22-18(27)6-4-5-7-19(28)31-3)20(29)23-14(2)21(30)24-17-9-15(11-25)8-16(10-17)12-26/h8-10,13-14,25-26H,4-7,11-12H2,1-3H3,(H,22,27)(H,23,29)(H,24,30). The molecule has 5 N–H and O–H groups in total. The van der Waals surface area contributed by atoms with Gasteiger partial charge in [0, 0.05) is 18.5 Å². The smallest absolute Gasteiger partial charge is 0.305 e. The van der Waals surface area contributed by atoms with Crippen LogP contribution >= 0.6 is 0 Å². The van der Waals surface area contributed by atoms with Crippen LogP contribution in [-0.2, 0) is 37.1 Å². The van der Waals surface area contributed by atoms with Gasteiger partial charge in [-0.2, -0.15) is 0 Å². The Balaban J connectivity index is 2.48. The third kappa shape index (κ3) is 9.58. The molecule has 0 fully saturated rings. The van der Waals surface area contributed by atoms with Gasteiger partial charge in [-0.3, -0.25) is 19.2 Å². The van der Waals surface area contributed by atoms with E-state index in [4.69, 9.17) is 0 Å². The van der Waals surface area contributed by atoms with Crippen molar-refractivity contribution in [3.8, 4) is 0 Å². The van der Waals surface area contributed by atoms with Crippen molar-refractivity contribution >= 4 is 29.4 Å². The average molecular weight is 437 g/mol. The van der Waals surface area contributed by atoms with Crippen LogP contribution in [0, 0.1) is 0 Å². The zero-order chi connectivity index (χ0) is 23.4. The molecular formula is C21H31N3O7. The summed E-state index contributed by atoms with van der Waals surface area (Å²) >= 11 is 0. The average Bonchev–Trinajstić information content (AvgIpc) is 2.75. The summed E-state index contributed by atoms with van der Waals surface area (Å²) < 4.78 is 4.52. The van der Waals surface area contributed by atoms with Crippen LogP contribution in [-0.4, -0.2) is 53.1 Å². The van der Waals surface area contributed by atoms with Gasteiger partial charge in [-0.15, -0.1) is 0 Å². The zero-order valence-electron chi connectivity index (χ0n) is 18.1. The van der Waals surface area contributed by atoms with Crippen molar-refractivity contribution in [3.63, 3.8) is 0 Å². The van der Waals surface area contributed by atoms with E-state index >= 15 is 0 Å². The Labute approximate surface area is 181 Å². The summed E-state index contributed by atoms with van der Waals surface area (Å²) in [5.74, 6) is -1.68. The molecule has 0 aromatic heterocycles. The van der Waals surface area contributed by atoms with E-state index in [9.17, 15) is 29.4 Å². The fourth-order valence-corrected chi connectivity index (χ4v) is 2.71. The molecule has 0 aliphatic carbocycles. The number of aliphatic hydroxyl groups is 2. The van der Waals surface area contributed by atoms with Crippen molar-refractivity contribution in [1.82, 2.24) is 10.6 Å². The molecule has 10 heteroatoms. The van der Waals surface area contributed by atoms with Crippen LogP contribution in [0.2, 0.25) is 0 Å². The van der Waals surface area contributed by atoms with Gasteiger partial charge in [-0.25, -0.2) is 0 Å². The van der Waals surface area contributed by atoms with Gasteiger partial charge in [0.1, 0.15) is 12.1 Å². The maximum absolute atomic E-state index is 12.4. The molecule has 0 radical (unpaired) electrons. The Morgan fingerprint density at radius 1 is 0.871 bits per heavy atom. The van der Waals surface area contributed by atoms with Crippen molar-refractivity contribution in [2.45, 2.75) is 64.8 Å². The molecule has 10 nitrogen and oxygen atoms in total. The Morgan fingerprint density at radius 2 is 1.42 bits per heavy atom. The van der Waals surface area contributed by atoms with E-state index in [0.29, 0.717) is 29.7 Å². The normalized spacial score (nSPS) is 12.4. The number of methoxy groups -OCH3 is 1. The van der Waals surface area contributed by atoms with Crippen molar-refractivity contribution in [2.75, 3.05) is 12.4 Å². The second kappa shape index (κ2) is 13.3. The lowest BCUT2D eigenvalue weighted by atomic mass is 10.1. The number of unbranched alkanes of at least 4 members (excludes halogenated alkanes) is 1. The van der Waals surface area contributed by atoms with Gasteiger partial charge < -0.3 is 30.9 Å². The number of amides is 3. The minimum absolute atomic E-state index is 0.166. The highest BCUT2D eigenvalue weighted by Crippen LogP contribution is 2.16. The van der Waals surface area contributed by atoms with Gasteiger partial charge in [-0.1, -0.05) is 6.07 Å². The maximum Gasteiger partial charge on any atom is 0.305 e. The monoisotopic (exact) mass is 437 g/mol. The fourth-order valence-electron chi connectivity index (χ4n) is 2.71. The fraction of sp³-hybridized carbons (Fsp3) is 0.524. The number of rotatable bonds is 12. The molecule has 0 saturated heterocycles. The van der Waals surface area contributed by atoms with Crippen LogP contribution in [0.1, 0.15) is 50.7 Å². The van der Waals surface area contributed by atoms with Crippen LogP contribution in [0.4, 0.5) is 5.69 Å². The lowest BCUT2D eigenvalue weighted by molar-refractivity contribution is -0.140. The Morgan fingerprint density at radius 3 is 1.97 bits per heavy atom. The molecule has 0 saturated carbocycles. The number of carbonyl (C=O) groups excluding carboxylic acids is 4. The Kier molecular flexibility index (Phi) is 11.2. The summed E-state index contributed by atoms with van der Waals surface area (Å²) in [5.41, 5.74) is 1.44. The third-order valence-corrected chi connectivity index (χ3v) is 4.47. The van der Waals surface area contributed by atoms with Crippen LogP contribution in [0.5, 0.6) is 0 Å². The van der Waals surface area contributed by atoms with Crippen LogP contribution in [0.15, 0.2) is 18.2 Å². The highest BCUT2D eigenvalue weighted by Gasteiger charge is 2.21. The molecule has 0 aliphatic rings. The third-order valence-electron chi connectivity index (χ3n) is 4.47. The quantitative estimate of drug-likeness (QED) is 0.233. The first-order valence-corrected chi connectivity index (χ1v) is 10.0. The number of hydrogen-bond acceptors (Lipinski definition) is 7. The highest BCUT2D eigenvalue weighted by atomic mass is 16.5. The summed E-state index contributed by atoms with van der Waals surface area (Å²) in [4.78, 5) is 47.6. The molecule has 3 amide bonds. The summed E-state index contributed by atoms with van der Waals surface area (Å²) in [6.07, 6.45) is 1.39. The van der Waals surface area contributed by atoms with Gasteiger partial charge in [0.25, 0.3) is 0 Å². The minimum Gasteiger partial charge on any atom is -0.469 e. The van der Waals surface area contributed by atoms with E-state index in [-0.39, 0.29) is 37.9 Å². The Hall–Kier alpha value is -2.98. The van der Waals surface area contributed by atoms with E-state index < -0.39 is 23.9 Å². The summed E-state index contributed by atoms with van der Waals surface area (Å²) in [6, 6.07) is 3.01. The number of nitrogens with one attached hydrogen (secondary N) is 3. The number of benzene rings is 1. The number of aliphatic hydroxyl groups excluding tert-OH is 2. The topological polar surface area (TPSA) is 154 Å². The second-order valence-electron chi connectivity index (χ2n) is 7.15. The van der Waals surface area contributed by atoms with Gasteiger partial charge in [-0.05, 0) is 49.9 Å². The van der Waals surface area contributed by atoms with Gasteiger partial charge >= 0.3 is 5.97 Å². The van der Waals surface area contributed by atoms with E-state index in [2.05, 4.69) is 20.7 Å². The maximum atomic E-state index is 12.4. The van der Waals surface area contributed by atoms with Crippen LogP contribution in [0.3, 0.4) is 0 Å². The first-order chi connectivity index (χ1) is 14.7. The second-order valence-corrected chi connectivity index (χ2v) is 7.15. The molecule has 1 aromatic rings. The number of carbonyl (C=O) groups is 4. The van der Waals surface area contributed by atoms with E-state index in [1.807, 2.05) is 0 Å². The predicted octanol–water partition coefficient (Wildman–Crippen LogP) is 0.353. The SMILES string of the molecule is COC(=O)CCCCC(=O)NC(C)C(=O)NC(C)C(=O)Nc1cc(CO)cc(CO)c1. The lowest BCUT2D eigenvalue weighted by Gasteiger charge is -2.19. The molecule has 31 heavy (non-hydrogen) atoms. The summed E-state index contributed by atoms with van der Waals surface area (Å²) in [7, 11) is 1.30. The largest absolute Gasteiger partial charge is 0.469 e. The number of hydrogen-bond donors (Lipinski definition) is 5. The number of esters is 1. The summed E-state index contributed by atoms with van der Waals surface area (Å²) in [5, 5.41) is 26.3. The Bertz CT molecular complexity index is 760. The summed E-state index contributed by atoms with van der Waals surface area (Å²) in [6.45, 7) is 2.51. The molecule has 2 unspecified atom stereocenters. The van der Waals surface area contributed by atoms with E-state index in [1.165, 1.54) is 21.0 Å². The predicted molar refractivity (Wildman–Crippen MR) is 113 cm³/mol. The molecule has 0 bridgehead atoms. The van der Waals surface area contributed by atoms with Crippen molar-refractivity contribution < 1.29 is 34.1 Å². The van der Waals surface area contributed by atoms with E-state index in [1.54, 1.807) is 18.2 Å². The lowest BCUT2D eigenvalue weighted by Crippen LogP contribution is -2.50. The van der Waals surface area contributed by atoms with E-state index in [0.717, 1.165) is 0 Å². The highest BCUT2D eigenvalue weighted by molar-refractivity contribution is 5.98. The molecule has 1 rings (SSSR count). The van der Waals surface area contributed by atoms with Crippen LogP contribution < -0.4 is 16.0 Å². The van der Waals surface area contributed by atoms with Crippen molar-refractivity contribution in [3.05, 3.63) is 29.3 Å². The van der Waals surface area contributed by atoms with Crippen LogP contribution in [0.25, 0.3) is 0 Å². The van der Waals surface area contributed by atoms with Crippen molar-refractivity contribution in [1.29, 1.82) is 0 Å². The number of anilines is 1. The first-order valence-electron chi connectivity index (χ1n) is 10.0. The molecule has 172 valence electrons. The van der Waals surface area contributed by atoms with Gasteiger partial charge in [0.2, 0.25) is 17.7 Å². The zero-order valence-corrected chi connectivity index (χ0v) is 18.1. The molecule has 2 atom stereocenters. The number of ether oxygens (including phenoxy) is 1. The first kappa shape index (κ1) is 26.1. The van der Waals surface area contributed by atoms with Gasteiger partial charge in [0.05, 0.1) is 20.3 Å².